The summed E-state index contributed by atoms with van der Waals surface area (Å²) in [5.41, 5.74) is 1.83. The zero-order chi connectivity index (χ0) is 22.1. The highest BCUT2D eigenvalue weighted by molar-refractivity contribution is 5.81. The molecule has 0 spiro atoms. The smallest absolute Gasteiger partial charge is 0.258 e. The van der Waals surface area contributed by atoms with Crippen LogP contribution in [0.5, 0.6) is 23.0 Å². The molecule has 1 aliphatic rings. The molecule has 0 bridgehead atoms. The van der Waals surface area contributed by atoms with Gasteiger partial charge in [0.15, 0.2) is 11.5 Å². The van der Waals surface area contributed by atoms with Crippen molar-refractivity contribution in [3.05, 3.63) is 51.6 Å². The molecule has 164 valence electrons. The fourth-order valence-corrected chi connectivity index (χ4v) is 4.07. The number of aliphatic hydroxyl groups is 1. The summed E-state index contributed by atoms with van der Waals surface area (Å²) in [6, 6.07) is 6.91. The minimum atomic E-state index is -0.759. The first-order valence-corrected chi connectivity index (χ1v) is 9.78. The van der Waals surface area contributed by atoms with E-state index in [-0.39, 0.29) is 5.56 Å². The molecule has 4 rings (SSSR count). The van der Waals surface area contributed by atoms with E-state index in [1.54, 1.807) is 32.4 Å². The van der Waals surface area contributed by atoms with Gasteiger partial charge in [0.2, 0.25) is 0 Å². The third-order valence-electron chi connectivity index (χ3n) is 5.49. The van der Waals surface area contributed by atoms with Crippen molar-refractivity contribution in [3.8, 4) is 23.0 Å². The number of nitrogens with one attached hydrogen (secondary N) is 1. The van der Waals surface area contributed by atoms with Crippen LogP contribution in [0.25, 0.3) is 10.9 Å². The molecule has 0 amide bonds. The lowest BCUT2D eigenvalue weighted by Crippen LogP contribution is -2.34. The number of benzene rings is 2. The SMILES string of the molecule is COc1cc2nc(CN3Cc4c(OC)ccc(OC)c4[C@@H](O)C3)[nH]c(=O)c2cc1OC. The second-order valence-corrected chi connectivity index (χ2v) is 7.28. The number of aromatic nitrogens is 2. The number of rotatable bonds is 6. The Balaban J connectivity index is 1.68. The molecule has 1 aliphatic heterocycles. The summed E-state index contributed by atoms with van der Waals surface area (Å²) in [4.78, 5) is 22.1. The maximum atomic E-state index is 12.7. The van der Waals surface area contributed by atoms with Crippen LogP contribution in [0.1, 0.15) is 23.1 Å². The number of ether oxygens (including phenoxy) is 4. The van der Waals surface area contributed by atoms with Gasteiger partial charge < -0.3 is 29.0 Å². The first-order valence-electron chi connectivity index (χ1n) is 9.78. The molecular weight excluding hydrogens is 402 g/mol. The highest BCUT2D eigenvalue weighted by Gasteiger charge is 2.30. The molecule has 1 atom stereocenters. The van der Waals surface area contributed by atoms with Crippen molar-refractivity contribution in [1.29, 1.82) is 0 Å². The van der Waals surface area contributed by atoms with E-state index in [0.717, 1.165) is 11.1 Å². The molecule has 9 heteroatoms. The topological polar surface area (TPSA) is 106 Å². The minimum Gasteiger partial charge on any atom is -0.496 e. The molecule has 0 aliphatic carbocycles. The minimum absolute atomic E-state index is 0.266. The summed E-state index contributed by atoms with van der Waals surface area (Å²) in [5.74, 6) is 2.75. The van der Waals surface area contributed by atoms with Crippen LogP contribution in [0.4, 0.5) is 0 Å². The predicted octanol–water partition coefficient (Wildman–Crippen LogP) is 2.01. The average Bonchev–Trinajstić information content (AvgIpc) is 2.77. The van der Waals surface area contributed by atoms with Crippen LogP contribution in [0.15, 0.2) is 29.1 Å². The van der Waals surface area contributed by atoms with Gasteiger partial charge in [0, 0.05) is 30.3 Å². The summed E-state index contributed by atoms with van der Waals surface area (Å²) in [6.45, 7) is 1.22. The van der Waals surface area contributed by atoms with Crippen molar-refractivity contribution in [2.24, 2.45) is 0 Å². The molecule has 3 aromatic rings. The average molecular weight is 427 g/mol. The highest BCUT2D eigenvalue weighted by atomic mass is 16.5. The number of hydrogen-bond donors (Lipinski definition) is 2. The van der Waals surface area contributed by atoms with E-state index in [2.05, 4.69) is 9.97 Å². The fraction of sp³-hybridized carbons (Fsp3) is 0.364. The fourth-order valence-electron chi connectivity index (χ4n) is 4.07. The lowest BCUT2D eigenvalue weighted by atomic mass is 9.95. The number of β-amino-alcohol motifs (C(OH)–C–C–N with tert-alkyl or cyclic N) is 1. The summed E-state index contributed by atoms with van der Waals surface area (Å²) in [5, 5.41) is 11.2. The van der Waals surface area contributed by atoms with Gasteiger partial charge >= 0.3 is 0 Å². The molecule has 1 aromatic heterocycles. The van der Waals surface area contributed by atoms with Gasteiger partial charge in [-0.15, -0.1) is 0 Å². The van der Waals surface area contributed by atoms with E-state index in [9.17, 15) is 9.90 Å². The molecule has 0 unspecified atom stereocenters. The van der Waals surface area contributed by atoms with Gasteiger partial charge in [-0.3, -0.25) is 9.69 Å². The van der Waals surface area contributed by atoms with E-state index in [0.29, 0.717) is 59.4 Å². The normalized spacial score (nSPS) is 16.1. The van der Waals surface area contributed by atoms with Crippen LogP contribution in [0, 0.1) is 0 Å². The summed E-state index contributed by atoms with van der Waals surface area (Å²) < 4.78 is 21.5. The van der Waals surface area contributed by atoms with Gasteiger partial charge in [0.05, 0.1) is 52.0 Å². The molecular formula is C22H25N3O6. The van der Waals surface area contributed by atoms with Crippen molar-refractivity contribution in [3.63, 3.8) is 0 Å². The van der Waals surface area contributed by atoms with E-state index in [1.807, 2.05) is 11.0 Å². The largest absolute Gasteiger partial charge is 0.496 e. The standard InChI is InChI=1S/C22H25N3O6/c1-28-16-5-6-17(29-2)21-13(16)9-25(10-15(21)26)11-20-23-14-8-19(31-4)18(30-3)7-12(14)22(27)24-20/h5-8,15,26H,9-11H2,1-4H3,(H,23,24,27)/t15-/m0/s1. The number of H-pyrrole nitrogens is 1. The van der Waals surface area contributed by atoms with Crippen LogP contribution in [-0.4, -0.2) is 55.0 Å². The van der Waals surface area contributed by atoms with E-state index in [4.69, 9.17) is 18.9 Å². The van der Waals surface area contributed by atoms with Crippen molar-refractivity contribution in [2.75, 3.05) is 35.0 Å². The number of methoxy groups -OCH3 is 4. The van der Waals surface area contributed by atoms with Crippen molar-refractivity contribution in [2.45, 2.75) is 19.2 Å². The molecule has 0 radical (unpaired) electrons. The Labute approximate surface area is 179 Å². The molecule has 0 saturated carbocycles. The molecule has 2 N–H and O–H groups in total. The third-order valence-corrected chi connectivity index (χ3v) is 5.49. The Bertz CT molecular complexity index is 1180. The molecule has 2 aromatic carbocycles. The zero-order valence-corrected chi connectivity index (χ0v) is 17.9. The molecule has 0 fully saturated rings. The van der Waals surface area contributed by atoms with E-state index >= 15 is 0 Å². The third kappa shape index (κ3) is 3.77. The molecule has 31 heavy (non-hydrogen) atoms. The van der Waals surface area contributed by atoms with Gasteiger partial charge in [0.1, 0.15) is 17.3 Å². The molecule has 9 nitrogen and oxygen atoms in total. The van der Waals surface area contributed by atoms with Crippen molar-refractivity contribution >= 4 is 10.9 Å². The van der Waals surface area contributed by atoms with E-state index < -0.39 is 6.10 Å². The first-order chi connectivity index (χ1) is 15.0. The number of nitrogens with zero attached hydrogens (tertiary/aromatic N) is 2. The Morgan fingerprint density at radius 3 is 2.35 bits per heavy atom. The quantitative estimate of drug-likeness (QED) is 0.615. The first kappa shape index (κ1) is 21.0. The molecule has 0 saturated heterocycles. The summed E-state index contributed by atoms with van der Waals surface area (Å²) >= 11 is 0. The maximum Gasteiger partial charge on any atom is 0.258 e. The van der Waals surface area contributed by atoms with Gasteiger partial charge in [0.25, 0.3) is 5.56 Å². The van der Waals surface area contributed by atoms with Crippen LogP contribution < -0.4 is 24.5 Å². The Hall–Kier alpha value is -3.30. The highest BCUT2D eigenvalue weighted by Crippen LogP contribution is 2.39. The Morgan fingerprint density at radius 1 is 1.03 bits per heavy atom. The van der Waals surface area contributed by atoms with Gasteiger partial charge in [-0.1, -0.05) is 0 Å². The van der Waals surface area contributed by atoms with Gasteiger partial charge in [-0.25, -0.2) is 4.98 Å². The van der Waals surface area contributed by atoms with Crippen molar-refractivity contribution in [1.82, 2.24) is 14.9 Å². The lowest BCUT2D eigenvalue weighted by Gasteiger charge is -2.33. The van der Waals surface area contributed by atoms with Crippen LogP contribution in [0.2, 0.25) is 0 Å². The van der Waals surface area contributed by atoms with Gasteiger partial charge in [-0.2, -0.15) is 0 Å². The zero-order valence-electron chi connectivity index (χ0n) is 17.9. The monoisotopic (exact) mass is 427 g/mol. The lowest BCUT2D eigenvalue weighted by molar-refractivity contribution is 0.0828. The van der Waals surface area contributed by atoms with Gasteiger partial charge in [-0.05, 0) is 18.2 Å². The number of hydrogen-bond acceptors (Lipinski definition) is 8. The van der Waals surface area contributed by atoms with Crippen LogP contribution in [0.3, 0.4) is 0 Å². The van der Waals surface area contributed by atoms with Crippen LogP contribution in [-0.2, 0) is 13.1 Å². The van der Waals surface area contributed by atoms with Crippen LogP contribution >= 0.6 is 0 Å². The Morgan fingerprint density at radius 2 is 1.68 bits per heavy atom. The second kappa shape index (κ2) is 8.44. The molecule has 2 heterocycles. The number of aliphatic hydroxyl groups excluding tert-OH is 1. The van der Waals surface area contributed by atoms with Crippen molar-refractivity contribution < 1.29 is 24.1 Å². The van der Waals surface area contributed by atoms with E-state index in [1.165, 1.54) is 14.2 Å². The summed E-state index contributed by atoms with van der Waals surface area (Å²) in [6.07, 6.45) is -0.759. The number of fused-ring (bicyclic) bond motifs is 2. The Kier molecular flexibility index (Phi) is 5.71. The maximum absolute atomic E-state index is 12.7. The number of aromatic amines is 1. The summed E-state index contributed by atoms with van der Waals surface area (Å²) in [7, 11) is 6.22. The predicted molar refractivity (Wildman–Crippen MR) is 114 cm³/mol. The second-order valence-electron chi connectivity index (χ2n) is 7.28.